The Morgan fingerprint density at radius 3 is 2.62 bits per heavy atom. The Morgan fingerprint density at radius 2 is 1.97 bits per heavy atom. The second-order valence-corrected chi connectivity index (χ2v) is 7.36. The molecule has 7 nitrogen and oxygen atoms in total. The molecule has 11 heteroatoms. The summed E-state index contributed by atoms with van der Waals surface area (Å²) < 4.78 is 66.9. The number of pyridine rings is 1. The fraction of sp³-hybridized carbons (Fsp3) is 0.429. The highest BCUT2D eigenvalue weighted by Gasteiger charge is 2.38. The van der Waals surface area contributed by atoms with Gasteiger partial charge in [0.15, 0.2) is 0 Å². The molecule has 1 atom stereocenters. The molecule has 1 aliphatic rings. The van der Waals surface area contributed by atoms with E-state index in [-0.39, 0.29) is 41.0 Å². The molecule has 1 saturated heterocycles. The summed E-state index contributed by atoms with van der Waals surface area (Å²) in [5, 5.41) is 10.5. The fourth-order valence-electron chi connectivity index (χ4n) is 3.79. The number of imidazole rings is 1. The lowest BCUT2D eigenvalue weighted by molar-refractivity contribution is -0.147. The maximum absolute atomic E-state index is 14.9. The molecule has 3 aromatic rings. The molecule has 0 saturated carbocycles. The van der Waals surface area contributed by atoms with Crippen molar-refractivity contribution in [2.45, 2.75) is 18.9 Å². The van der Waals surface area contributed by atoms with Crippen molar-refractivity contribution < 1.29 is 32.1 Å². The zero-order valence-electron chi connectivity index (χ0n) is 17.3. The van der Waals surface area contributed by atoms with Gasteiger partial charge in [-0.25, -0.2) is 9.37 Å². The highest BCUT2D eigenvalue weighted by atomic mass is 19.4. The highest BCUT2D eigenvalue weighted by Crippen LogP contribution is 2.35. The van der Waals surface area contributed by atoms with Gasteiger partial charge < -0.3 is 19.1 Å². The summed E-state index contributed by atoms with van der Waals surface area (Å²) >= 11 is 0. The highest BCUT2D eigenvalue weighted by molar-refractivity contribution is 5.90. The molecule has 0 amide bonds. The number of methoxy groups -OCH3 is 1. The molecule has 1 N–H and O–H groups in total. The molecular formula is C21H22F4N4O3. The van der Waals surface area contributed by atoms with Crippen LogP contribution < -0.4 is 0 Å². The summed E-state index contributed by atoms with van der Waals surface area (Å²) in [6.45, 7) is 1.82. The predicted molar refractivity (Wildman–Crippen MR) is 107 cm³/mol. The number of ether oxygens (including phenoxy) is 2. The number of hydrogen-bond acceptors (Lipinski definition) is 6. The van der Waals surface area contributed by atoms with Crippen molar-refractivity contribution in [3.05, 3.63) is 47.7 Å². The Morgan fingerprint density at radius 1 is 1.22 bits per heavy atom. The van der Waals surface area contributed by atoms with Crippen molar-refractivity contribution in [1.29, 1.82) is 0 Å². The number of aliphatic hydroxyl groups is 1. The third-order valence-electron chi connectivity index (χ3n) is 5.38. The van der Waals surface area contributed by atoms with Crippen molar-refractivity contribution in [2.24, 2.45) is 0 Å². The standard InChI is InChI=1S/C21H22F4N4O3/c1-31-9-8-29-16-4-5-26-17(18(16)27-20(29)21(23,24)25)13-2-3-14(15(22)12-13)19(30)28-6-10-32-11-7-28/h2-5,12,19,30H,6-11H2,1H3. The van der Waals surface area contributed by atoms with Gasteiger partial charge in [0.05, 0.1) is 31.0 Å². The first-order valence-corrected chi connectivity index (χ1v) is 10.0. The lowest BCUT2D eigenvalue weighted by atomic mass is 10.0. The molecule has 172 valence electrons. The Balaban J connectivity index is 1.75. The van der Waals surface area contributed by atoms with Gasteiger partial charge in [0.2, 0.25) is 5.82 Å². The second-order valence-electron chi connectivity index (χ2n) is 7.36. The SMILES string of the molecule is COCCn1c(C(F)(F)F)nc2c(-c3ccc(C(O)N4CCOCC4)c(F)c3)nccc21. The van der Waals surface area contributed by atoms with Gasteiger partial charge in [0.25, 0.3) is 0 Å². The number of alkyl halides is 3. The zero-order valence-corrected chi connectivity index (χ0v) is 17.3. The van der Waals surface area contributed by atoms with Gasteiger partial charge in [-0.15, -0.1) is 0 Å². The largest absolute Gasteiger partial charge is 0.449 e. The third-order valence-corrected chi connectivity index (χ3v) is 5.38. The first kappa shape index (κ1) is 22.6. The van der Waals surface area contributed by atoms with Crippen LogP contribution >= 0.6 is 0 Å². The molecule has 0 bridgehead atoms. The van der Waals surface area contributed by atoms with Crippen LogP contribution in [0.25, 0.3) is 22.3 Å². The number of aliphatic hydroxyl groups excluding tert-OH is 1. The number of halogens is 4. The van der Waals surface area contributed by atoms with Crippen molar-refractivity contribution in [3.63, 3.8) is 0 Å². The number of nitrogens with zero attached hydrogens (tertiary/aromatic N) is 4. The van der Waals surface area contributed by atoms with Crippen molar-refractivity contribution in [1.82, 2.24) is 19.4 Å². The Labute approximate surface area is 181 Å². The summed E-state index contributed by atoms with van der Waals surface area (Å²) in [5.74, 6) is -1.76. The van der Waals surface area contributed by atoms with E-state index in [2.05, 4.69) is 9.97 Å². The van der Waals surface area contributed by atoms with E-state index in [9.17, 15) is 22.7 Å². The smallest absolute Gasteiger partial charge is 0.383 e. The van der Waals surface area contributed by atoms with E-state index in [1.165, 1.54) is 31.5 Å². The predicted octanol–water partition coefficient (Wildman–Crippen LogP) is 3.23. The minimum Gasteiger partial charge on any atom is -0.383 e. The fourth-order valence-corrected chi connectivity index (χ4v) is 3.79. The van der Waals surface area contributed by atoms with Crippen LogP contribution in [0.2, 0.25) is 0 Å². The lowest BCUT2D eigenvalue weighted by Gasteiger charge is -2.31. The van der Waals surface area contributed by atoms with E-state index in [4.69, 9.17) is 9.47 Å². The summed E-state index contributed by atoms with van der Waals surface area (Å²) in [5.41, 5.74) is 0.685. The van der Waals surface area contributed by atoms with Crippen LogP contribution in [0.5, 0.6) is 0 Å². The Kier molecular flexibility index (Phi) is 6.42. The van der Waals surface area contributed by atoms with Gasteiger partial charge in [-0.1, -0.05) is 12.1 Å². The van der Waals surface area contributed by atoms with Gasteiger partial charge in [0, 0.05) is 44.1 Å². The van der Waals surface area contributed by atoms with Gasteiger partial charge in [-0.05, 0) is 12.1 Å². The molecule has 4 rings (SSSR count). The van der Waals surface area contributed by atoms with Crippen LogP contribution in [0, 0.1) is 5.82 Å². The molecule has 0 spiro atoms. The summed E-state index contributed by atoms with van der Waals surface area (Å²) in [7, 11) is 1.40. The number of aromatic nitrogens is 3. The molecule has 3 heterocycles. The van der Waals surface area contributed by atoms with Crippen LogP contribution in [0.1, 0.15) is 17.6 Å². The van der Waals surface area contributed by atoms with E-state index in [0.29, 0.717) is 26.3 Å². The van der Waals surface area contributed by atoms with E-state index in [0.717, 1.165) is 10.6 Å². The lowest BCUT2D eigenvalue weighted by Crippen LogP contribution is -2.39. The number of hydrogen-bond donors (Lipinski definition) is 1. The van der Waals surface area contributed by atoms with Gasteiger partial charge in [-0.2, -0.15) is 13.2 Å². The van der Waals surface area contributed by atoms with E-state index in [1.54, 1.807) is 4.90 Å². The average molecular weight is 454 g/mol. The van der Waals surface area contributed by atoms with Crippen molar-refractivity contribution in [3.8, 4) is 11.3 Å². The second kappa shape index (κ2) is 9.10. The average Bonchev–Trinajstić information content (AvgIpc) is 3.17. The van der Waals surface area contributed by atoms with Crippen LogP contribution in [0.4, 0.5) is 17.6 Å². The van der Waals surface area contributed by atoms with Gasteiger partial charge in [0.1, 0.15) is 17.6 Å². The van der Waals surface area contributed by atoms with Crippen LogP contribution in [0.3, 0.4) is 0 Å². The first-order valence-electron chi connectivity index (χ1n) is 10.0. The third kappa shape index (κ3) is 4.33. The number of morpholine rings is 1. The normalized spacial score (nSPS) is 16.6. The number of benzene rings is 1. The van der Waals surface area contributed by atoms with E-state index < -0.39 is 24.0 Å². The van der Waals surface area contributed by atoms with Gasteiger partial charge in [-0.3, -0.25) is 9.88 Å². The quantitative estimate of drug-likeness (QED) is 0.577. The Hall–Kier alpha value is -2.60. The van der Waals surface area contributed by atoms with E-state index in [1.807, 2.05) is 0 Å². The molecule has 0 radical (unpaired) electrons. The van der Waals surface area contributed by atoms with E-state index >= 15 is 0 Å². The summed E-state index contributed by atoms with van der Waals surface area (Å²) in [4.78, 5) is 9.66. The van der Waals surface area contributed by atoms with Crippen LogP contribution in [0.15, 0.2) is 30.5 Å². The number of rotatable bonds is 6. The minimum atomic E-state index is -4.68. The maximum atomic E-state index is 14.9. The minimum absolute atomic E-state index is 0.0109. The summed E-state index contributed by atoms with van der Waals surface area (Å²) in [6.07, 6.45) is -4.47. The molecule has 32 heavy (non-hydrogen) atoms. The monoisotopic (exact) mass is 454 g/mol. The maximum Gasteiger partial charge on any atom is 0.449 e. The van der Waals surface area contributed by atoms with Crippen LogP contribution in [-0.4, -0.2) is 64.6 Å². The molecular weight excluding hydrogens is 432 g/mol. The molecule has 0 aliphatic carbocycles. The van der Waals surface area contributed by atoms with Gasteiger partial charge >= 0.3 is 6.18 Å². The first-order chi connectivity index (χ1) is 15.3. The van der Waals surface area contributed by atoms with Crippen molar-refractivity contribution in [2.75, 3.05) is 40.0 Å². The Bertz CT molecular complexity index is 1100. The van der Waals surface area contributed by atoms with Crippen LogP contribution in [-0.2, 0) is 22.2 Å². The number of fused-ring (bicyclic) bond motifs is 1. The molecule has 1 fully saturated rings. The summed E-state index contributed by atoms with van der Waals surface area (Å²) in [6, 6.07) is 5.52. The van der Waals surface area contributed by atoms with Crippen molar-refractivity contribution >= 4 is 11.0 Å². The zero-order chi connectivity index (χ0) is 22.9. The molecule has 1 unspecified atom stereocenters. The molecule has 1 aliphatic heterocycles. The molecule has 2 aromatic heterocycles. The molecule has 1 aromatic carbocycles. The topological polar surface area (TPSA) is 72.6 Å².